The normalized spacial score (nSPS) is 13.6. The van der Waals surface area contributed by atoms with Gasteiger partial charge in [0.2, 0.25) is 0 Å². The van der Waals surface area contributed by atoms with Crippen LogP contribution in [-0.4, -0.2) is 17.6 Å². The fourth-order valence-electron chi connectivity index (χ4n) is 1.13. The van der Waals surface area contributed by atoms with Crippen LogP contribution in [0.25, 0.3) is 0 Å². The number of nitrogens with one attached hydrogen (secondary N) is 1. The van der Waals surface area contributed by atoms with Crippen LogP contribution in [0.2, 0.25) is 5.02 Å². The second-order valence-electron chi connectivity index (χ2n) is 3.46. The van der Waals surface area contributed by atoms with Crippen molar-refractivity contribution in [3.63, 3.8) is 0 Å². The zero-order chi connectivity index (χ0) is 12.1. The lowest BCUT2D eigenvalue weighted by Crippen LogP contribution is -2.27. The van der Waals surface area contributed by atoms with E-state index in [1.165, 1.54) is 12.1 Å². The Morgan fingerprint density at radius 3 is 2.88 bits per heavy atom. The molecule has 88 valence electrons. The number of halogens is 2. The third-order valence-electron chi connectivity index (χ3n) is 2.10. The Balaban J connectivity index is 2.61. The minimum absolute atomic E-state index is 0.120. The summed E-state index contributed by atoms with van der Waals surface area (Å²) < 4.78 is 13.0. The van der Waals surface area contributed by atoms with E-state index >= 15 is 0 Å². The first-order chi connectivity index (χ1) is 7.52. The molecule has 16 heavy (non-hydrogen) atoms. The molecule has 1 rings (SSSR count). The Labute approximate surface area is 97.9 Å². The highest BCUT2D eigenvalue weighted by Crippen LogP contribution is 2.18. The highest BCUT2D eigenvalue weighted by Gasteiger charge is 2.07. The van der Waals surface area contributed by atoms with Gasteiger partial charge in [0.15, 0.2) is 0 Å². The van der Waals surface area contributed by atoms with Crippen LogP contribution in [0.3, 0.4) is 0 Å². The Hall–Kier alpha value is -1.49. The molecule has 0 aliphatic rings. The van der Waals surface area contributed by atoms with Gasteiger partial charge in [-0.2, -0.15) is 0 Å². The van der Waals surface area contributed by atoms with Crippen LogP contribution in [0.1, 0.15) is 6.92 Å². The summed E-state index contributed by atoms with van der Waals surface area (Å²) >= 11 is 5.69. The molecular weight excluding hydrogens is 233 g/mol. The van der Waals surface area contributed by atoms with Crippen LogP contribution in [0.4, 0.5) is 10.1 Å². The van der Waals surface area contributed by atoms with Crippen molar-refractivity contribution in [3.05, 3.63) is 29.0 Å². The number of anilines is 1. The lowest BCUT2D eigenvalue weighted by molar-refractivity contribution is 0.315. The standard InChI is InChI=1S/C10H13ClFN3O/c1-6(10(13)15-16)5-14-9-3-7(11)2-8(12)4-9/h2-4,6,14,16H,5H2,1H3,(H2,13,15). The first-order valence-corrected chi connectivity index (χ1v) is 5.08. The number of oxime groups is 1. The maximum atomic E-state index is 13.0. The molecule has 0 aromatic heterocycles. The molecule has 0 aliphatic carbocycles. The van der Waals surface area contributed by atoms with Gasteiger partial charge in [-0.25, -0.2) is 4.39 Å². The van der Waals surface area contributed by atoms with E-state index in [0.717, 1.165) is 0 Å². The summed E-state index contributed by atoms with van der Waals surface area (Å²) in [5.74, 6) is -0.450. The van der Waals surface area contributed by atoms with Crippen LogP contribution >= 0.6 is 11.6 Å². The van der Waals surface area contributed by atoms with Crippen LogP contribution < -0.4 is 11.1 Å². The van der Waals surface area contributed by atoms with E-state index in [0.29, 0.717) is 17.3 Å². The van der Waals surface area contributed by atoms with E-state index in [2.05, 4.69) is 10.5 Å². The first-order valence-electron chi connectivity index (χ1n) is 4.70. The summed E-state index contributed by atoms with van der Waals surface area (Å²) in [6.45, 7) is 2.21. The molecule has 1 aromatic carbocycles. The molecule has 6 heteroatoms. The summed E-state index contributed by atoms with van der Waals surface area (Å²) in [4.78, 5) is 0. The molecule has 0 saturated carbocycles. The Morgan fingerprint density at radius 2 is 2.31 bits per heavy atom. The maximum absolute atomic E-state index is 13.0. The predicted molar refractivity (Wildman–Crippen MR) is 62.5 cm³/mol. The minimum Gasteiger partial charge on any atom is -0.409 e. The van der Waals surface area contributed by atoms with Crippen molar-refractivity contribution < 1.29 is 9.60 Å². The number of hydrogen-bond donors (Lipinski definition) is 3. The lowest BCUT2D eigenvalue weighted by atomic mass is 10.1. The molecule has 4 nitrogen and oxygen atoms in total. The van der Waals surface area contributed by atoms with E-state index in [1.807, 2.05) is 0 Å². The van der Waals surface area contributed by atoms with Gasteiger partial charge in [0.05, 0.1) is 0 Å². The molecule has 0 saturated heterocycles. The molecule has 1 unspecified atom stereocenters. The van der Waals surface area contributed by atoms with E-state index in [-0.39, 0.29) is 11.8 Å². The monoisotopic (exact) mass is 245 g/mol. The summed E-state index contributed by atoms with van der Waals surface area (Å²) in [5, 5.41) is 14.6. The van der Waals surface area contributed by atoms with Crippen LogP contribution in [-0.2, 0) is 0 Å². The fourth-order valence-corrected chi connectivity index (χ4v) is 1.35. The number of benzene rings is 1. The molecule has 4 N–H and O–H groups in total. The molecule has 0 amide bonds. The summed E-state index contributed by atoms with van der Waals surface area (Å²) in [7, 11) is 0. The van der Waals surface area contributed by atoms with Crippen LogP contribution in [0.15, 0.2) is 23.4 Å². The summed E-state index contributed by atoms with van der Waals surface area (Å²) in [5.41, 5.74) is 5.96. The largest absolute Gasteiger partial charge is 0.409 e. The molecule has 0 spiro atoms. The smallest absolute Gasteiger partial charge is 0.143 e. The van der Waals surface area contributed by atoms with Crippen molar-refractivity contribution >= 4 is 23.1 Å². The van der Waals surface area contributed by atoms with Gasteiger partial charge >= 0.3 is 0 Å². The summed E-state index contributed by atoms with van der Waals surface area (Å²) in [6.07, 6.45) is 0. The van der Waals surface area contributed by atoms with Crippen molar-refractivity contribution in [3.8, 4) is 0 Å². The van der Waals surface area contributed by atoms with Gasteiger partial charge in [-0.05, 0) is 18.2 Å². The minimum atomic E-state index is -0.411. The predicted octanol–water partition coefficient (Wildman–Crippen LogP) is 2.27. The van der Waals surface area contributed by atoms with Crippen molar-refractivity contribution in [1.29, 1.82) is 0 Å². The van der Waals surface area contributed by atoms with Gasteiger partial charge in [-0.1, -0.05) is 23.7 Å². The fraction of sp³-hybridized carbons (Fsp3) is 0.300. The van der Waals surface area contributed by atoms with Crippen molar-refractivity contribution in [2.45, 2.75) is 6.92 Å². The summed E-state index contributed by atoms with van der Waals surface area (Å²) in [6, 6.07) is 4.15. The Morgan fingerprint density at radius 1 is 1.62 bits per heavy atom. The van der Waals surface area contributed by atoms with Gasteiger partial charge in [0.1, 0.15) is 11.7 Å². The molecule has 0 radical (unpaired) electrons. The Bertz CT molecular complexity index is 377. The molecule has 0 heterocycles. The SMILES string of the molecule is CC(CNc1cc(F)cc(Cl)c1)/C(N)=N/O. The van der Waals surface area contributed by atoms with Gasteiger partial charge in [-0.3, -0.25) is 0 Å². The number of amidine groups is 1. The number of nitrogens with zero attached hydrogens (tertiary/aromatic N) is 1. The molecule has 1 atom stereocenters. The Kier molecular flexibility index (Phi) is 4.37. The molecule has 0 bridgehead atoms. The van der Waals surface area contributed by atoms with E-state index < -0.39 is 5.82 Å². The van der Waals surface area contributed by atoms with Crippen molar-refractivity contribution in [2.24, 2.45) is 16.8 Å². The highest BCUT2D eigenvalue weighted by atomic mass is 35.5. The first kappa shape index (κ1) is 12.6. The van der Waals surface area contributed by atoms with Crippen molar-refractivity contribution in [2.75, 3.05) is 11.9 Å². The number of nitrogens with two attached hydrogens (primary N) is 1. The van der Waals surface area contributed by atoms with Crippen molar-refractivity contribution in [1.82, 2.24) is 0 Å². The van der Waals surface area contributed by atoms with Gasteiger partial charge in [0.25, 0.3) is 0 Å². The second-order valence-corrected chi connectivity index (χ2v) is 3.90. The third kappa shape index (κ3) is 3.58. The topological polar surface area (TPSA) is 70.6 Å². The zero-order valence-corrected chi connectivity index (χ0v) is 9.50. The third-order valence-corrected chi connectivity index (χ3v) is 2.31. The van der Waals surface area contributed by atoms with Gasteiger partial charge in [0, 0.05) is 23.2 Å². The lowest BCUT2D eigenvalue weighted by Gasteiger charge is -2.12. The average Bonchev–Trinajstić information content (AvgIpc) is 2.23. The highest BCUT2D eigenvalue weighted by molar-refractivity contribution is 6.30. The van der Waals surface area contributed by atoms with Crippen LogP contribution in [0, 0.1) is 11.7 Å². The molecule has 1 aromatic rings. The molecule has 0 fully saturated rings. The van der Waals surface area contributed by atoms with Gasteiger partial charge < -0.3 is 16.3 Å². The maximum Gasteiger partial charge on any atom is 0.143 e. The molecule has 0 aliphatic heterocycles. The number of hydrogen-bond acceptors (Lipinski definition) is 3. The van der Waals surface area contributed by atoms with Crippen LogP contribution in [0.5, 0.6) is 0 Å². The van der Waals surface area contributed by atoms with E-state index in [9.17, 15) is 4.39 Å². The van der Waals surface area contributed by atoms with Gasteiger partial charge in [-0.15, -0.1) is 0 Å². The average molecular weight is 246 g/mol. The quantitative estimate of drug-likeness (QED) is 0.330. The van der Waals surface area contributed by atoms with E-state index in [4.69, 9.17) is 22.5 Å². The number of rotatable bonds is 4. The van der Waals surface area contributed by atoms with E-state index in [1.54, 1.807) is 13.0 Å². The molecular formula is C10H13ClFN3O. The second kappa shape index (κ2) is 5.55. The zero-order valence-electron chi connectivity index (χ0n) is 8.74.